The molecule has 0 saturated heterocycles. The standard InChI is InChI=1S/C19H21F3O3/c1-3-24-17(23)12(2)13-6-8-18(9-7-13)11-25-16-10-14(19(20,21)22)4-5-15(16)18/h4-5,10H,3,6-9,11H2,1-2H3. The van der Waals surface area contributed by atoms with E-state index in [9.17, 15) is 18.0 Å². The summed E-state index contributed by atoms with van der Waals surface area (Å²) in [6.45, 7) is 4.29. The van der Waals surface area contributed by atoms with Gasteiger partial charge in [0.25, 0.3) is 0 Å². The molecule has 0 bridgehead atoms. The van der Waals surface area contributed by atoms with Crippen LogP contribution in [0.4, 0.5) is 13.2 Å². The van der Waals surface area contributed by atoms with Crippen molar-refractivity contribution in [2.24, 2.45) is 0 Å². The van der Waals surface area contributed by atoms with Crippen molar-refractivity contribution >= 4 is 5.97 Å². The van der Waals surface area contributed by atoms with Gasteiger partial charge in [-0.15, -0.1) is 0 Å². The number of allylic oxidation sites excluding steroid dienone is 1. The van der Waals surface area contributed by atoms with E-state index in [1.807, 2.05) is 0 Å². The molecule has 0 N–H and O–H groups in total. The number of halogens is 3. The average Bonchev–Trinajstić information content (AvgIpc) is 2.92. The Kier molecular flexibility index (Phi) is 4.56. The van der Waals surface area contributed by atoms with Crippen LogP contribution in [0.3, 0.4) is 0 Å². The van der Waals surface area contributed by atoms with Crippen LogP contribution in [-0.2, 0) is 21.1 Å². The Balaban J connectivity index is 1.80. The maximum absolute atomic E-state index is 12.9. The Hall–Kier alpha value is -1.98. The van der Waals surface area contributed by atoms with Crippen molar-refractivity contribution in [3.8, 4) is 5.75 Å². The van der Waals surface area contributed by atoms with Gasteiger partial charge in [0.2, 0.25) is 0 Å². The third kappa shape index (κ3) is 3.26. The Morgan fingerprint density at radius 1 is 1.28 bits per heavy atom. The lowest BCUT2D eigenvalue weighted by molar-refractivity contribution is -0.139. The van der Waals surface area contributed by atoms with Gasteiger partial charge in [-0.2, -0.15) is 13.2 Å². The van der Waals surface area contributed by atoms with E-state index in [-0.39, 0.29) is 11.4 Å². The van der Waals surface area contributed by atoms with E-state index in [2.05, 4.69) is 0 Å². The first-order chi connectivity index (χ1) is 11.8. The zero-order valence-electron chi connectivity index (χ0n) is 14.3. The highest BCUT2D eigenvalue weighted by atomic mass is 19.4. The van der Waals surface area contributed by atoms with Crippen molar-refractivity contribution in [1.82, 2.24) is 0 Å². The van der Waals surface area contributed by atoms with E-state index in [1.165, 1.54) is 0 Å². The zero-order valence-corrected chi connectivity index (χ0v) is 14.3. The summed E-state index contributed by atoms with van der Waals surface area (Å²) in [6.07, 6.45) is -1.38. The van der Waals surface area contributed by atoms with Crippen molar-refractivity contribution in [2.45, 2.75) is 51.1 Å². The van der Waals surface area contributed by atoms with Gasteiger partial charge in [0.15, 0.2) is 0 Å². The Labute approximate surface area is 144 Å². The molecule has 3 nitrogen and oxygen atoms in total. The molecule has 1 saturated carbocycles. The predicted molar refractivity (Wildman–Crippen MR) is 86.4 cm³/mol. The topological polar surface area (TPSA) is 35.5 Å². The molecule has 0 radical (unpaired) electrons. The number of hydrogen-bond acceptors (Lipinski definition) is 3. The number of ether oxygens (including phenoxy) is 2. The molecule has 3 rings (SSSR count). The minimum absolute atomic E-state index is 0.252. The molecule has 1 aliphatic heterocycles. The third-order valence-electron chi connectivity index (χ3n) is 5.31. The van der Waals surface area contributed by atoms with Crippen LogP contribution >= 0.6 is 0 Å². The lowest BCUT2D eigenvalue weighted by Crippen LogP contribution is -2.31. The summed E-state index contributed by atoms with van der Waals surface area (Å²) in [5.74, 6) is 0.0516. The van der Waals surface area contributed by atoms with Crippen LogP contribution in [0.5, 0.6) is 5.75 Å². The van der Waals surface area contributed by atoms with E-state index in [0.717, 1.165) is 49.0 Å². The van der Waals surface area contributed by atoms with Crippen LogP contribution in [0.15, 0.2) is 29.3 Å². The molecule has 0 aromatic heterocycles. The fraction of sp³-hybridized carbons (Fsp3) is 0.526. The molecule has 0 unspecified atom stereocenters. The maximum atomic E-state index is 12.9. The number of hydrogen-bond donors (Lipinski definition) is 0. The average molecular weight is 354 g/mol. The van der Waals surface area contributed by atoms with Gasteiger partial charge in [-0.1, -0.05) is 11.6 Å². The third-order valence-corrected chi connectivity index (χ3v) is 5.31. The largest absolute Gasteiger partial charge is 0.492 e. The summed E-state index contributed by atoms with van der Waals surface area (Å²) < 4.78 is 49.2. The first-order valence-electron chi connectivity index (χ1n) is 8.47. The van der Waals surface area contributed by atoms with Crippen LogP contribution < -0.4 is 4.74 Å². The lowest BCUT2D eigenvalue weighted by atomic mass is 9.69. The number of carbonyl (C=O) groups is 1. The van der Waals surface area contributed by atoms with Gasteiger partial charge in [0, 0.05) is 16.6 Å². The summed E-state index contributed by atoms with van der Waals surface area (Å²) >= 11 is 0. The van der Waals surface area contributed by atoms with Gasteiger partial charge < -0.3 is 9.47 Å². The van der Waals surface area contributed by atoms with E-state index in [0.29, 0.717) is 24.5 Å². The highest BCUT2D eigenvalue weighted by Crippen LogP contribution is 2.50. The number of esters is 1. The highest BCUT2D eigenvalue weighted by molar-refractivity contribution is 5.88. The first-order valence-corrected chi connectivity index (χ1v) is 8.47. The quantitative estimate of drug-likeness (QED) is 0.566. The summed E-state index contributed by atoms with van der Waals surface area (Å²) in [6, 6.07) is 3.78. The van der Waals surface area contributed by atoms with Crippen molar-refractivity contribution in [3.63, 3.8) is 0 Å². The highest BCUT2D eigenvalue weighted by Gasteiger charge is 2.44. The van der Waals surface area contributed by atoms with Crippen LogP contribution in [0, 0.1) is 0 Å². The monoisotopic (exact) mass is 354 g/mol. The molecule has 25 heavy (non-hydrogen) atoms. The van der Waals surface area contributed by atoms with E-state index >= 15 is 0 Å². The Bertz CT molecular complexity index is 709. The Morgan fingerprint density at radius 2 is 1.96 bits per heavy atom. The van der Waals surface area contributed by atoms with Gasteiger partial charge in [0.1, 0.15) is 5.75 Å². The maximum Gasteiger partial charge on any atom is 0.416 e. The second kappa shape index (κ2) is 6.39. The number of benzene rings is 1. The fourth-order valence-corrected chi connectivity index (χ4v) is 3.75. The van der Waals surface area contributed by atoms with Crippen LogP contribution in [0.2, 0.25) is 0 Å². The van der Waals surface area contributed by atoms with E-state index in [4.69, 9.17) is 9.47 Å². The molecule has 6 heteroatoms. The molecule has 0 amide bonds. The molecular formula is C19H21F3O3. The van der Waals surface area contributed by atoms with Gasteiger partial charge in [-0.25, -0.2) is 4.79 Å². The Morgan fingerprint density at radius 3 is 2.56 bits per heavy atom. The van der Waals surface area contributed by atoms with E-state index < -0.39 is 11.7 Å². The molecule has 1 spiro atoms. The van der Waals surface area contributed by atoms with E-state index in [1.54, 1.807) is 19.9 Å². The molecule has 1 aromatic carbocycles. The molecule has 1 fully saturated rings. The molecule has 1 aliphatic carbocycles. The molecule has 136 valence electrons. The smallest absolute Gasteiger partial charge is 0.416 e. The fourth-order valence-electron chi connectivity index (χ4n) is 3.75. The normalized spacial score (nSPS) is 22.5. The number of alkyl halides is 3. The van der Waals surface area contributed by atoms with Crippen LogP contribution in [0.25, 0.3) is 0 Å². The summed E-state index contributed by atoms with van der Waals surface area (Å²) in [5, 5.41) is 0. The van der Waals surface area contributed by atoms with Crippen LogP contribution in [0.1, 0.15) is 50.7 Å². The summed E-state index contributed by atoms with van der Waals surface area (Å²) in [5.41, 5.74) is 1.65. The molecule has 2 aliphatic rings. The predicted octanol–water partition coefficient (Wildman–Crippen LogP) is 4.79. The summed E-state index contributed by atoms with van der Waals surface area (Å²) in [7, 11) is 0. The minimum Gasteiger partial charge on any atom is -0.492 e. The van der Waals surface area contributed by atoms with Crippen molar-refractivity contribution < 1.29 is 27.4 Å². The number of fused-ring (bicyclic) bond motifs is 2. The number of rotatable bonds is 2. The van der Waals surface area contributed by atoms with Crippen LogP contribution in [-0.4, -0.2) is 19.2 Å². The summed E-state index contributed by atoms with van der Waals surface area (Å²) in [4.78, 5) is 11.9. The van der Waals surface area contributed by atoms with Crippen molar-refractivity contribution in [3.05, 3.63) is 40.5 Å². The second-order valence-electron chi connectivity index (χ2n) is 6.73. The second-order valence-corrected chi connectivity index (χ2v) is 6.73. The van der Waals surface area contributed by atoms with Gasteiger partial charge in [-0.05, 0) is 51.7 Å². The van der Waals surface area contributed by atoms with Gasteiger partial charge in [-0.3, -0.25) is 0 Å². The first kappa shape index (κ1) is 17.8. The molecule has 1 heterocycles. The van der Waals surface area contributed by atoms with Crippen molar-refractivity contribution in [1.29, 1.82) is 0 Å². The van der Waals surface area contributed by atoms with Crippen molar-refractivity contribution in [2.75, 3.05) is 13.2 Å². The lowest BCUT2D eigenvalue weighted by Gasteiger charge is -2.34. The molecule has 0 atom stereocenters. The van der Waals surface area contributed by atoms with Gasteiger partial charge in [0.05, 0.1) is 18.8 Å². The molecular weight excluding hydrogens is 333 g/mol. The number of carbonyl (C=O) groups excluding carboxylic acids is 1. The SMILES string of the molecule is CCOC(=O)C(C)=C1CCC2(CC1)COc1cc(C(F)(F)F)ccc12. The van der Waals surface area contributed by atoms with Gasteiger partial charge >= 0.3 is 12.1 Å². The molecule has 1 aromatic rings. The minimum atomic E-state index is -4.37. The zero-order chi connectivity index (χ0) is 18.2.